The van der Waals surface area contributed by atoms with Crippen LogP contribution >= 0.6 is 11.8 Å². The molecular formula is C23H24N4O3S. The molecule has 0 radical (unpaired) electrons. The van der Waals surface area contributed by atoms with E-state index in [4.69, 9.17) is 0 Å². The van der Waals surface area contributed by atoms with Gasteiger partial charge in [-0.25, -0.2) is 5.43 Å². The average Bonchev–Trinajstić information content (AvgIpc) is 2.99. The number of hydrogen-bond donors (Lipinski definition) is 1. The third-order valence-corrected chi connectivity index (χ3v) is 5.76. The summed E-state index contributed by atoms with van der Waals surface area (Å²) in [6.45, 7) is 8.23. The van der Waals surface area contributed by atoms with Gasteiger partial charge in [-0.2, -0.15) is 5.10 Å². The van der Waals surface area contributed by atoms with Crippen molar-refractivity contribution >= 4 is 29.6 Å². The van der Waals surface area contributed by atoms with Crippen LogP contribution in [0.4, 0.5) is 5.69 Å². The number of thioether (sulfide) groups is 1. The Morgan fingerprint density at radius 2 is 1.74 bits per heavy atom. The Bertz CT molecular complexity index is 1130. The molecule has 1 heterocycles. The fraction of sp³-hybridized carbons (Fsp3) is 0.217. The second-order valence-corrected chi connectivity index (χ2v) is 8.39. The lowest BCUT2D eigenvalue weighted by molar-refractivity contribution is -0.384. The van der Waals surface area contributed by atoms with Crippen molar-refractivity contribution in [2.75, 3.05) is 5.75 Å². The summed E-state index contributed by atoms with van der Waals surface area (Å²) in [7, 11) is 0. The van der Waals surface area contributed by atoms with Gasteiger partial charge in [0, 0.05) is 39.7 Å². The summed E-state index contributed by atoms with van der Waals surface area (Å²) in [5.41, 5.74) is 9.14. The highest BCUT2D eigenvalue weighted by molar-refractivity contribution is 8.00. The number of rotatable bonds is 7. The van der Waals surface area contributed by atoms with E-state index in [0.717, 1.165) is 27.5 Å². The number of hydrogen-bond acceptors (Lipinski definition) is 5. The molecule has 0 saturated carbocycles. The number of nitro benzene ring substituents is 1. The number of hydrazone groups is 1. The Kier molecular flexibility index (Phi) is 6.91. The summed E-state index contributed by atoms with van der Waals surface area (Å²) in [6.07, 6.45) is 1.65. The van der Waals surface area contributed by atoms with Crippen molar-refractivity contribution in [3.8, 4) is 5.69 Å². The molecule has 3 aromatic rings. The minimum Gasteiger partial charge on any atom is -0.318 e. The molecule has 0 aliphatic heterocycles. The van der Waals surface area contributed by atoms with Gasteiger partial charge >= 0.3 is 0 Å². The van der Waals surface area contributed by atoms with E-state index in [0.29, 0.717) is 0 Å². The van der Waals surface area contributed by atoms with Gasteiger partial charge in [0.25, 0.3) is 5.69 Å². The number of aromatic nitrogens is 1. The number of aryl methyl sites for hydroxylation is 3. The van der Waals surface area contributed by atoms with Crippen molar-refractivity contribution in [1.29, 1.82) is 0 Å². The Morgan fingerprint density at radius 1 is 1.10 bits per heavy atom. The van der Waals surface area contributed by atoms with Crippen molar-refractivity contribution in [1.82, 2.24) is 9.99 Å². The lowest BCUT2D eigenvalue weighted by Crippen LogP contribution is -2.19. The monoisotopic (exact) mass is 436 g/mol. The number of nitrogens with zero attached hydrogens (tertiary/aromatic N) is 3. The molecular weight excluding hydrogens is 412 g/mol. The highest BCUT2D eigenvalue weighted by atomic mass is 32.2. The van der Waals surface area contributed by atoms with Gasteiger partial charge in [0.1, 0.15) is 0 Å². The molecule has 31 heavy (non-hydrogen) atoms. The van der Waals surface area contributed by atoms with Gasteiger partial charge in [0.15, 0.2) is 0 Å². The molecule has 0 fully saturated rings. The summed E-state index contributed by atoms with van der Waals surface area (Å²) in [6, 6.07) is 14.6. The highest BCUT2D eigenvalue weighted by Gasteiger charge is 2.11. The summed E-state index contributed by atoms with van der Waals surface area (Å²) in [4.78, 5) is 23.1. The van der Waals surface area contributed by atoms with Crippen molar-refractivity contribution in [3.63, 3.8) is 0 Å². The lowest BCUT2D eigenvalue weighted by Gasteiger charge is -2.11. The van der Waals surface area contributed by atoms with Crippen LogP contribution in [0.1, 0.15) is 28.1 Å². The smallest absolute Gasteiger partial charge is 0.269 e. The SMILES string of the molecule is Cc1cc(C)cc(-n2c(C)cc(/C=N/NC(=O)CSc3ccc([N+](=O)[O-])cc3)c2C)c1. The van der Waals surface area contributed by atoms with Gasteiger partial charge in [-0.05, 0) is 69.2 Å². The van der Waals surface area contributed by atoms with Crippen molar-refractivity contribution in [2.45, 2.75) is 32.6 Å². The Labute approximate surface area is 185 Å². The maximum absolute atomic E-state index is 12.1. The maximum atomic E-state index is 12.1. The molecule has 160 valence electrons. The van der Waals surface area contributed by atoms with E-state index in [-0.39, 0.29) is 17.3 Å². The zero-order chi connectivity index (χ0) is 22.5. The number of nitro groups is 1. The molecule has 0 aliphatic rings. The molecule has 1 N–H and O–H groups in total. The van der Waals surface area contributed by atoms with Crippen LogP contribution in [0.25, 0.3) is 5.69 Å². The van der Waals surface area contributed by atoms with Crippen molar-refractivity contribution in [2.24, 2.45) is 5.10 Å². The first kappa shape index (κ1) is 22.3. The molecule has 0 aliphatic carbocycles. The zero-order valence-electron chi connectivity index (χ0n) is 17.9. The van der Waals surface area contributed by atoms with Gasteiger partial charge in [0.2, 0.25) is 5.91 Å². The normalized spacial score (nSPS) is 11.1. The number of benzene rings is 2. The van der Waals surface area contributed by atoms with Crippen LogP contribution in [0.2, 0.25) is 0 Å². The fourth-order valence-corrected chi connectivity index (χ4v) is 4.11. The van der Waals surface area contributed by atoms with Crippen LogP contribution in [-0.2, 0) is 4.79 Å². The Hall–Kier alpha value is -3.39. The van der Waals surface area contributed by atoms with Crippen LogP contribution in [0.5, 0.6) is 0 Å². The summed E-state index contributed by atoms with van der Waals surface area (Å²) in [5, 5.41) is 14.8. The first-order valence-electron chi connectivity index (χ1n) is 9.71. The average molecular weight is 437 g/mol. The standard InChI is InChI=1S/C23H24N4O3S/c1-15-9-16(2)11-21(10-15)26-17(3)12-19(18(26)4)13-24-25-23(28)14-31-22-7-5-20(6-8-22)27(29)30/h5-13H,14H2,1-4H3,(H,25,28)/b24-13+. The maximum Gasteiger partial charge on any atom is 0.269 e. The van der Waals surface area contributed by atoms with E-state index in [1.807, 2.05) is 19.9 Å². The fourth-order valence-electron chi connectivity index (χ4n) is 3.41. The lowest BCUT2D eigenvalue weighted by atomic mass is 10.1. The quantitative estimate of drug-likeness (QED) is 0.248. The van der Waals surface area contributed by atoms with E-state index in [9.17, 15) is 14.9 Å². The van der Waals surface area contributed by atoms with Crippen LogP contribution in [0.3, 0.4) is 0 Å². The second-order valence-electron chi connectivity index (χ2n) is 7.34. The first-order chi connectivity index (χ1) is 14.7. The molecule has 0 unspecified atom stereocenters. The van der Waals surface area contributed by atoms with E-state index >= 15 is 0 Å². The molecule has 0 bridgehead atoms. The predicted octanol–water partition coefficient (Wildman–Crippen LogP) is 4.86. The number of amides is 1. The molecule has 8 heteroatoms. The molecule has 0 atom stereocenters. The zero-order valence-corrected chi connectivity index (χ0v) is 18.7. The summed E-state index contributed by atoms with van der Waals surface area (Å²) in [5.74, 6) is -0.0840. The molecule has 2 aromatic carbocycles. The molecule has 3 rings (SSSR count). The van der Waals surface area contributed by atoms with Gasteiger partial charge in [-0.1, -0.05) is 6.07 Å². The van der Waals surface area contributed by atoms with E-state index in [1.165, 1.54) is 35.0 Å². The largest absolute Gasteiger partial charge is 0.318 e. The number of carbonyl (C=O) groups is 1. The minimum absolute atomic E-state index is 0.0248. The third kappa shape index (κ3) is 5.61. The van der Waals surface area contributed by atoms with Gasteiger partial charge < -0.3 is 4.57 Å². The van der Waals surface area contributed by atoms with E-state index < -0.39 is 4.92 Å². The van der Waals surface area contributed by atoms with Gasteiger partial charge in [-0.3, -0.25) is 14.9 Å². The first-order valence-corrected chi connectivity index (χ1v) is 10.7. The predicted molar refractivity (Wildman–Crippen MR) is 124 cm³/mol. The molecule has 0 saturated heterocycles. The van der Waals surface area contributed by atoms with Crippen LogP contribution < -0.4 is 5.43 Å². The highest BCUT2D eigenvalue weighted by Crippen LogP contribution is 2.22. The van der Waals surface area contributed by atoms with E-state index in [2.05, 4.69) is 47.1 Å². The molecule has 0 spiro atoms. The number of non-ortho nitro benzene ring substituents is 1. The topological polar surface area (TPSA) is 89.5 Å². The summed E-state index contributed by atoms with van der Waals surface area (Å²) >= 11 is 1.29. The van der Waals surface area contributed by atoms with Crippen LogP contribution in [0.15, 0.2) is 58.5 Å². The van der Waals surface area contributed by atoms with Crippen LogP contribution in [0, 0.1) is 37.8 Å². The Morgan fingerprint density at radius 3 is 2.35 bits per heavy atom. The third-order valence-electron chi connectivity index (χ3n) is 4.75. The molecule has 1 amide bonds. The molecule has 7 nitrogen and oxygen atoms in total. The number of carbonyl (C=O) groups excluding carboxylic acids is 1. The molecule has 1 aromatic heterocycles. The second kappa shape index (κ2) is 9.61. The summed E-state index contributed by atoms with van der Waals surface area (Å²) < 4.78 is 2.17. The van der Waals surface area contributed by atoms with Crippen molar-refractivity contribution in [3.05, 3.63) is 86.7 Å². The van der Waals surface area contributed by atoms with Crippen LogP contribution in [-0.4, -0.2) is 27.4 Å². The van der Waals surface area contributed by atoms with Gasteiger partial charge in [0.05, 0.1) is 16.9 Å². The Balaban J connectivity index is 1.62. The van der Waals surface area contributed by atoms with E-state index in [1.54, 1.807) is 18.3 Å². The number of nitrogens with one attached hydrogen (secondary N) is 1. The minimum atomic E-state index is -0.451. The van der Waals surface area contributed by atoms with Crippen molar-refractivity contribution < 1.29 is 9.72 Å². The van der Waals surface area contributed by atoms with Gasteiger partial charge in [-0.15, -0.1) is 11.8 Å².